The van der Waals surface area contributed by atoms with Gasteiger partial charge in [0, 0.05) is 17.7 Å². The maximum Gasteiger partial charge on any atom is 0.432 e. The van der Waals surface area contributed by atoms with E-state index in [0.29, 0.717) is 23.6 Å². The van der Waals surface area contributed by atoms with Crippen molar-refractivity contribution in [1.82, 2.24) is 0 Å². The highest BCUT2D eigenvalue weighted by molar-refractivity contribution is 5.71. The summed E-state index contributed by atoms with van der Waals surface area (Å²) in [6, 6.07) is 13.3. The molecule has 4 aromatic carbocycles. The molecule has 0 amide bonds. The zero-order chi connectivity index (χ0) is 35.8. The third-order valence-electron chi connectivity index (χ3n) is 9.84. The molecule has 0 atom stereocenters. The van der Waals surface area contributed by atoms with Crippen LogP contribution in [0.1, 0.15) is 107 Å². The molecule has 1 saturated carbocycles. The Morgan fingerprint density at radius 1 is 0.580 bits per heavy atom. The highest BCUT2D eigenvalue weighted by atomic mass is 19.3. The lowest BCUT2D eigenvalue weighted by atomic mass is 9.77. The molecule has 1 fully saturated rings. The highest BCUT2D eigenvalue weighted by Gasteiger charge is 2.41. The van der Waals surface area contributed by atoms with Gasteiger partial charge in [0.05, 0.1) is 0 Å². The zero-order valence-corrected chi connectivity index (χ0v) is 28.1. The van der Waals surface area contributed by atoms with Gasteiger partial charge in [-0.05, 0) is 78.0 Å². The first-order valence-electron chi connectivity index (χ1n) is 17.6. The smallest absolute Gasteiger partial charge is 0.429 e. The van der Waals surface area contributed by atoms with Crippen LogP contribution in [0.15, 0.2) is 66.7 Å². The minimum atomic E-state index is -4.75. The fraction of sp³-hybridized carbons (Fsp3) is 0.415. The molecule has 1 nitrogen and oxygen atoms in total. The SMILES string of the molecule is CCCCCCCCCCC1CCC(c2ccc(-c3ccc(-c4cc(F)c(C(F)(F)Oc5cc(F)c(F)c(F)c5)c(F)c4)c(F)c3)cc2)CC1. The van der Waals surface area contributed by atoms with Crippen LogP contribution < -0.4 is 4.74 Å². The van der Waals surface area contributed by atoms with Crippen LogP contribution in [0.2, 0.25) is 0 Å². The van der Waals surface area contributed by atoms with E-state index >= 15 is 4.39 Å². The molecule has 0 saturated heterocycles. The molecule has 268 valence electrons. The van der Waals surface area contributed by atoms with Gasteiger partial charge in [-0.2, -0.15) is 8.78 Å². The van der Waals surface area contributed by atoms with Gasteiger partial charge in [-0.3, -0.25) is 0 Å². The molecule has 0 radical (unpaired) electrons. The second-order valence-corrected chi connectivity index (χ2v) is 13.4. The molecule has 1 aliphatic carbocycles. The number of halogens is 8. The normalized spacial score (nSPS) is 16.5. The van der Waals surface area contributed by atoms with Gasteiger partial charge in [0.15, 0.2) is 17.5 Å². The lowest BCUT2D eigenvalue weighted by molar-refractivity contribution is -0.189. The van der Waals surface area contributed by atoms with Crippen molar-refractivity contribution < 1.29 is 39.9 Å². The lowest BCUT2D eigenvalue weighted by Crippen LogP contribution is -2.25. The summed E-state index contributed by atoms with van der Waals surface area (Å²) >= 11 is 0. The summed E-state index contributed by atoms with van der Waals surface area (Å²) < 4.78 is 119. The second kappa shape index (κ2) is 16.9. The predicted octanol–water partition coefficient (Wildman–Crippen LogP) is 13.8. The van der Waals surface area contributed by atoms with Crippen LogP contribution >= 0.6 is 0 Å². The molecule has 50 heavy (non-hydrogen) atoms. The van der Waals surface area contributed by atoms with Crippen LogP contribution in [0, 0.1) is 40.8 Å². The van der Waals surface area contributed by atoms with Crippen molar-refractivity contribution in [3.63, 3.8) is 0 Å². The Balaban J connectivity index is 1.18. The van der Waals surface area contributed by atoms with Gasteiger partial charge in [-0.1, -0.05) is 101 Å². The van der Waals surface area contributed by atoms with Crippen molar-refractivity contribution in [1.29, 1.82) is 0 Å². The van der Waals surface area contributed by atoms with Crippen molar-refractivity contribution in [2.45, 2.75) is 102 Å². The van der Waals surface area contributed by atoms with Crippen LogP contribution in [0.5, 0.6) is 5.75 Å². The topological polar surface area (TPSA) is 9.23 Å². The van der Waals surface area contributed by atoms with Gasteiger partial charge in [-0.15, -0.1) is 0 Å². The number of hydrogen-bond acceptors (Lipinski definition) is 1. The largest absolute Gasteiger partial charge is 0.432 e. The summed E-state index contributed by atoms with van der Waals surface area (Å²) in [5.41, 5.74) is 0.0865. The Bertz CT molecular complexity index is 1680. The van der Waals surface area contributed by atoms with Crippen molar-refractivity contribution in [2.24, 2.45) is 5.92 Å². The molecule has 0 bridgehead atoms. The molecular formula is C41H42F8O. The van der Waals surface area contributed by atoms with Crippen LogP contribution in [0.3, 0.4) is 0 Å². The van der Waals surface area contributed by atoms with Gasteiger partial charge in [-0.25, -0.2) is 26.3 Å². The van der Waals surface area contributed by atoms with Gasteiger partial charge >= 0.3 is 6.11 Å². The number of rotatable bonds is 15. The van der Waals surface area contributed by atoms with E-state index in [1.165, 1.54) is 88.3 Å². The molecule has 0 heterocycles. The molecule has 1 aliphatic rings. The predicted molar refractivity (Wildman–Crippen MR) is 180 cm³/mol. The van der Waals surface area contributed by atoms with Gasteiger partial charge in [0.25, 0.3) is 0 Å². The lowest BCUT2D eigenvalue weighted by Gasteiger charge is -2.29. The summed E-state index contributed by atoms with van der Waals surface area (Å²) in [4.78, 5) is 0. The minimum absolute atomic E-state index is 0.116. The third kappa shape index (κ3) is 9.26. The summed E-state index contributed by atoms with van der Waals surface area (Å²) in [6.45, 7) is 2.24. The van der Waals surface area contributed by atoms with Crippen molar-refractivity contribution in [2.75, 3.05) is 0 Å². The fourth-order valence-corrected chi connectivity index (χ4v) is 7.02. The van der Waals surface area contributed by atoms with E-state index in [-0.39, 0.29) is 23.3 Å². The number of benzene rings is 4. The molecule has 0 aromatic heterocycles. The Labute approximate surface area is 288 Å². The summed E-state index contributed by atoms with van der Waals surface area (Å²) in [5.74, 6) is -9.89. The van der Waals surface area contributed by atoms with Gasteiger partial charge < -0.3 is 4.74 Å². The second-order valence-electron chi connectivity index (χ2n) is 13.4. The maximum atomic E-state index is 15.3. The first kappa shape index (κ1) is 37.4. The van der Waals surface area contributed by atoms with Crippen molar-refractivity contribution in [3.05, 3.63) is 113 Å². The molecule has 0 spiro atoms. The Hall–Kier alpha value is -3.88. The first-order valence-corrected chi connectivity index (χ1v) is 17.6. The monoisotopic (exact) mass is 702 g/mol. The molecule has 9 heteroatoms. The number of hydrogen-bond donors (Lipinski definition) is 0. The minimum Gasteiger partial charge on any atom is -0.429 e. The Morgan fingerprint density at radius 3 is 1.70 bits per heavy atom. The van der Waals surface area contributed by atoms with E-state index in [1.807, 2.05) is 12.1 Å². The molecule has 0 aliphatic heterocycles. The van der Waals surface area contributed by atoms with E-state index < -0.39 is 52.3 Å². The van der Waals surface area contributed by atoms with Crippen molar-refractivity contribution in [3.8, 4) is 28.0 Å². The van der Waals surface area contributed by atoms with Crippen LogP contribution in [-0.4, -0.2) is 0 Å². The summed E-state index contributed by atoms with van der Waals surface area (Å²) in [5, 5.41) is 0. The summed E-state index contributed by atoms with van der Waals surface area (Å²) in [6.07, 6.45) is 12.0. The summed E-state index contributed by atoms with van der Waals surface area (Å²) in [7, 11) is 0. The van der Waals surface area contributed by atoms with E-state index in [9.17, 15) is 30.7 Å². The van der Waals surface area contributed by atoms with Gasteiger partial charge in [0.1, 0.15) is 28.8 Å². The average Bonchev–Trinajstić information content (AvgIpc) is 3.08. The molecule has 0 N–H and O–H groups in total. The number of alkyl halides is 2. The van der Waals surface area contributed by atoms with E-state index in [1.54, 1.807) is 6.07 Å². The third-order valence-corrected chi connectivity index (χ3v) is 9.84. The Kier molecular flexibility index (Phi) is 12.6. The van der Waals surface area contributed by atoms with E-state index in [2.05, 4.69) is 23.8 Å². The maximum absolute atomic E-state index is 15.3. The first-order chi connectivity index (χ1) is 24.0. The molecule has 4 aromatic rings. The number of unbranched alkanes of at least 4 members (excludes halogenated alkanes) is 7. The molecule has 5 rings (SSSR count). The quantitative estimate of drug-likeness (QED) is 0.0681. The zero-order valence-electron chi connectivity index (χ0n) is 28.1. The Morgan fingerprint density at radius 2 is 1.12 bits per heavy atom. The van der Waals surface area contributed by atoms with Crippen LogP contribution in [0.4, 0.5) is 35.1 Å². The fourth-order valence-electron chi connectivity index (χ4n) is 7.02. The van der Waals surface area contributed by atoms with Crippen LogP contribution in [0.25, 0.3) is 22.3 Å². The molecular weight excluding hydrogens is 660 g/mol. The highest BCUT2D eigenvalue weighted by Crippen LogP contribution is 2.40. The van der Waals surface area contributed by atoms with Crippen LogP contribution in [-0.2, 0) is 6.11 Å². The van der Waals surface area contributed by atoms with Crippen molar-refractivity contribution >= 4 is 0 Å². The van der Waals surface area contributed by atoms with Gasteiger partial charge in [0.2, 0.25) is 0 Å². The average molecular weight is 703 g/mol. The number of ether oxygens (including phenoxy) is 1. The van der Waals surface area contributed by atoms with E-state index in [0.717, 1.165) is 24.3 Å². The standard InChI is InChI=1S/C41H42F8O/c1-2-3-4-5-6-7-8-9-10-26-11-13-27(14-12-26)28-15-17-29(18-16-28)30-19-20-33(34(42)21-30)31-22-35(43)39(36(44)23-31)41(48,49)50-32-24-37(45)40(47)38(46)25-32/h15-27H,2-14H2,1H3. The molecule has 0 unspecified atom stereocenters. The van der Waals surface area contributed by atoms with E-state index in [4.69, 9.17) is 0 Å².